The van der Waals surface area contributed by atoms with Gasteiger partial charge in [0.2, 0.25) is 5.75 Å². The van der Waals surface area contributed by atoms with Gasteiger partial charge in [0, 0.05) is 10.9 Å². The van der Waals surface area contributed by atoms with E-state index in [0.29, 0.717) is 42.2 Å². The Hall–Kier alpha value is -3.59. The second-order valence-corrected chi connectivity index (χ2v) is 7.49. The third kappa shape index (κ3) is 6.45. The van der Waals surface area contributed by atoms with E-state index in [1.165, 1.54) is 23.5 Å². The third-order valence-corrected chi connectivity index (χ3v) is 5.06. The SMILES string of the molecule is CCOc1cc(C(=O)OCC(=O)Nc2nc(-c3ccccc3)cs2)cc(OCC)c1OCC. The molecular weight excluding hydrogens is 444 g/mol. The predicted molar refractivity (Wildman–Crippen MR) is 126 cm³/mol. The fourth-order valence-corrected chi connectivity index (χ4v) is 3.68. The molecule has 9 heteroatoms. The van der Waals surface area contributed by atoms with Crippen molar-refractivity contribution >= 4 is 28.3 Å². The fourth-order valence-electron chi connectivity index (χ4n) is 2.95. The van der Waals surface area contributed by atoms with E-state index < -0.39 is 18.5 Å². The van der Waals surface area contributed by atoms with Crippen molar-refractivity contribution in [1.29, 1.82) is 0 Å². The molecule has 0 atom stereocenters. The second kappa shape index (κ2) is 11.9. The van der Waals surface area contributed by atoms with E-state index >= 15 is 0 Å². The van der Waals surface area contributed by atoms with E-state index in [1.54, 1.807) is 0 Å². The Balaban J connectivity index is 1.65. The van der Waals surface area contributed by atoms with Crippen molar-refractivity contribution in [2.75, 3.05) is 31.7 Å². The predicted octanol–water partition coefficient (Wildman–Crippen LogP) is 4.80. The van der Waals surface area contributed by atoms with E-state index in [1.807, 2.05) is 56.5 Å². The monoisotopic (exact) mass is 470 g/mol. The van der Waals surface area contributed by atoms with Gasteiger partial charge < -0.3 is 18.9 Å². The van der Waals surface area contributed by atoms with Gasteiger partial charge in [-0.3, -0.25) is 10.1 Å². The molecule has 33 heavy (non-hydrogen) atoms. The molecule has 0 spiro atoms. The van der Waals surface area contributed by atoms with Crippen molar-refractivity contribution in [2.45, 2.75) is 20.8 Å². The molecule has 1 aromatic heterocycles. The molecular formula is C24H26N2O6S. The summed E-state index contributed by atoms with van der Waals surface area (Å²) in [5, 5.41) is 4.92. The maximum absolute atomic E-state index is 12.6. The zero-order chi connectivity index (χ0) is 23.6. The largest absolute Gasteiger partial charge is 0.490 e. The first kappa shape index (κ1) is 24.1. The first-order valence-electron chi connectivity index (χ1n) is 10.6. The van der Waals surface area contributed by atoms with E-state index in [4.69, 9.17) is 18.9 Å². The molecule has 0 radical (unpaired) electrons. The van der Waals surface area contributed by atoms with Gasteiger partial charge in [-0.15, -0.1) is 11.3 Å². The molecule has 0 bridgehead atoms. The Morgan fingerprint density at radius 2 is 1.58 bits per heavy atom. The summed E-state index contributed by atoms with van der Waals surface area (Å²) in [7, 11) is 0. The highest BCUT2D eigenvalue weighted by Gasteiger charge is 2.20. The number of thiazole rings is 1. The number of carbonyl (C=O) groups excluding carboxylic acids is 2. The zero-order valence-corrected chi connectivity index (χ0v) is 19.6. The van der Waals surface area contributed by atoms with Crippen molar-refractivity contribution in [1.82, 2.24) is 4.98 Å². The summed E-state index contributed by atoms with van der Waals surface area (Å²) >= 11 is 1.29. The lowest BCUT2D eigenvalue weighted by molar-refractivity contribution is -0.119. The van der Waals surface area contributed by atoms with Crippen LogP contribution in [-0.4, -0.2) is 43.3 Å². The summed E-state index contributed by atoms with van der Waals surface area (Å²) in [5.74, 6) is 0.00173. The number of hydrogen-bond acceptors (Lipinski definition) is 8. The summed E-state index contributed by atoms with van der Waals surface area (Å²) in [6, 6.07) is 12.7. The van der Waals surface area contributed by atoms with Crippen LogP contribution in [0.3, 0.4) is 0 Å². The molecule has 0 saturated heterocycles. The maximum atomic E-state index is 12.6. The van der Waals surface area contributed by atoms with Crippen LogP contribution in [0.5, 0.6) is 17.2 Å². The Labute approximate surface area is 196 Å². The number of benzene rings is 2. The highest BCUT2D eigenvalue weighted by molar-refractivity contribution is 7.14. The summed E-state index contributed by atoms with van der Waals surface area (Å²) < 4.78 is 22.1. The molecule has 174 valence electrons. The van der Waals surface area contributed by atoms with Crippen LogP contribution >= 0.6 is 11.3 Å². The van der Waals surface area contributed by atoms with Crippen molar-refractivity contribution in [3.8, 4) is 28.5 Å². The number of aromatic nitrogens is 1. The van der Waals surface area contributed by atoms with Gasteiger partial charge in [-0.25, -0.2) is 9.78 Å². The van der Waals surface area contributed by atoms with Gasteiger partial charge in [0.1, 0.15) is 0 Å². The Morgan fingerprint density at radius 1 is 0.939 bits per heavy atom. The lowest BCUT2D eigenvalue weighted by Gasteiger charge is -2.16. The molecule has 1 amide bonds. The number of anilines is 1. The van der Waals surface area contributed by atoms with Crippen LogP contribution in [0, 0.1) is 0 Å². The number of carbonyl (C=O) groups is 2. The van der Waals surface area contributed by atoms with Gasteiger partial charge in [-0.05, 0) is 32.9 Å². The number of esters is 1. The smallest absolute Gasteiger partial charge is 0.338 e. The number of hydrogen-bond donors (Lipinski definition) is 1. The molecule has 0 fully saturated rings. The number of nitrogens with one attached hydrogen (secondary N) is 1. The number of rotatable bonds is 11. The Kier molecular flexibility index (Phi) is 8.65. The average Bonchev–Trinajstić information content (AvgIpc) is 3.28. The molecule has 0 aliphatic heterocycles. The van der Waals surface area contributed by atoms with Gasteiger partial charge in [-0.2, -0.15) is 0 Å². The minimum Gasteiger partial charge on any atom is -0.490 e. The van der Waals surface area contributed by atoms with Crippen molar-refractivity contribution in [3.05, 3.63) is 53.4 Å². The van der Waals surface area contributed by atoms with Crippen molar-refractivity contribution in [3.63, 3.8) is 0 Å². The lowest BCUT2D eigenvalue weighted by Crippen LogP contribution is -2.21. The number of ether oxygens (including phenoxy) is 4. The summed E-state index contributed by atoms with van der Waals surface area (Å²) in [4.78, 5) is 29.3. The molecule has 1 N–H and O–H groups in total. The third-order valence-electron chi connectivity index (χ3n) is 4.30. The number of nitrogens with zero attached hydrogens (tertiary/aromatic N) is 1. The van der Waals surface area contributed by atoms with E-state index in [9.17, 15) is 9.59 Å². The minimum absolute atomic E-state index is 0.193. The Bertz CT molecular complexity index is 1060. The van der Waals surface area contributed by atoms with Crippen molar-refractivity contribution < 1.29 is 28.5 Å². The van der Waals surface area contributed by atoms with Gasteiger partial charge in [0.15, 0.2) is 23.2 Å². The summed E-state index contributed by atoms with van der Waals surface area (Å²) in [5.41, 5.74) is 1.90. The van der Waals surface area contributed by atoms with Gasteiger partial charge in [-0.1, -0.05) is 30.3 Å². The van der Waals surface area contributed by atoms with Gasteiger partial charge >= 0.3 is 5.97 Å². The first-order valence-corrected chi connectivity index (χ1v) is 11.5. The van der Waals surface area contributed by atoms with Gasteiger partial charge in [0.05, 0.1) is 31.1 Å². The normalized spacial score (nSPS) is 10.4. The highest BCUT2D eigenvalue weighted by atomic mass is 32.1. The van der Waals surface area contributed by atoms with Crippen LogP contribution < -0.4 is 19.5 Å². The molecule has 3 aromatic rings. The molecule has 0 aliphatic carbocycles. The molecule has 0 unspecified atom stereocenters. The molecule has 8 nitrogen and oxygen atoms in total. The lowest BCUT2D eigenvalue weighted by atomic mass is 10.2. The molecule has 1 heterocycles. The van der Waals surface area contributed by atoms with E-state index in [2.05, 4.69) is 10.3 Å². The highest BCUT2D eigenvalue weighted by Crippen LogP contribution is 2.39. The maximum Gasteiger partial charge on any atom is 0.338 e. The zero-order valence-electron chi connectivity index (χ0n) is 18.8. The quantitative estimate of drug-likeness (QED) is 0.402. The van der Waals surface area contributed by atoms with Gasteiger partial charge in [0.25, 0.3) is 5.91 Å². The Morgan fingerprint density at radius 3 is 2.18 bits per heavy atom. The molecule has 3 rings (SSSR count). The standard InChI is InChI=1S/C24H26N2O6S/c1-4-29-19-12-17(13-20(30-5-2)22(19)31-6-3)23(28)32-14-21(27)26-24-25-18(15-33-24)16-10-8-7-9-11-16/h7-13,15H,4-6,14H2,1-3H3,(H,25,26,27). The summed E-state index contributed by atoms with van der Waals surface area (Å²) in [6.07, 6.45) is 0. The van der Waals surface area contributed by atoms with Crippen LogP contribution in [0.25, 0.3) is 11.3 Å². The van der Waals surface area contributed by atoms with Crippen LogP contribution in [0.2, 0.25) is 0 Å². The molecule has 0 aliphatic rings. The average molecular weight is 471 g/mol. The molecule has 2 aromatic carbocycles. The van der Waals surface area contributed by atoms with E-state index in [-0.39, 0.29) is 5.56 Å². The number of amides is 1. The first-order chi connectivity index (χ1) is 16.0. The second-order valence-electron chi connectivity index (χ2n) is 6.63. The fraction of sp³-hybridized carbons (Fsp3) is 0.292. The van der Waals surface area contributed by atoms with Crippen LogP contribution in [0.15, 0.2) is 47.8 Å². The van der Waals surface area contributed by atoms with Crippen LogP contribution in [0.1, 0.15) is 31.1 Å². The van der Waals surface area contributed by atoms with E-state index in [0.717, 1.165) is 11.3 Å². The van der Waals surface area contributed by atoms with Crippen LogP contribution in [0.4, 0.5) is 5.13 Å². The minimum atomic E-state index is -0.681. The topological polar surface area (TPSA) is 96.0 Å². The molecule has 0 saturated carbocycles. The summed E-state index contributed by atoms with van der Waals surface area (Å²) in [6.45, 7) is 6.21. The van der Waals surface area contributed by atoms with Crippen LogP contribution in [-0.2, 0) is 9.53 Å². The van der Waals surface area contributed by atoms with Crippen molar-refractivity contribution in [2.24, 2.45) is 0 Å².